The number of rotatable bonds is 0. The summed E-state index contributed by atoms with van der Waals surface area (Å²) in [5.41, 5.74) is 5.67. The average Bonchev–Trinajstić information content (AvgIpc) is 2.15. The van der Waals surface area contributed by atoms with Crippen molar-refractivity contribution >= 4 is 5.69 Å². The molecule has 0 saturated heterocycles. The van der Waals surface area contributed by atoms with Crippen molar-refractivity contribution in [2.75, 3.05) is 5.73 Å². The van der Waals surface area contributed by atoms with Crippen molar-refractivity contribution in [2.24, 2.45) is 0 Å². The number of nitrogens with zero attached hydrogens (tertiary/aromatic N) is 1. The molecule has 0 aromatic heterocycles. The number of nitrogens with two attached hydrogens (primary N) is 1. The summed E-state index contributed by atoms with van der Waals surface area (Å²) in [6, 6.07) is 7.48. The average molecular weight is 146 g/mol. The Hall–Kier alpha value is -1.82. The molecule has 1 aromatic carbocycles. The van der Waals surface area contributed by atoms with Crippen LogP contribution in [0.2, 0.25) is 0 Å². The third kappa shape index (κ3) is 1.55. The molecule has 0 aliphatic rings. The van der Waals surface area contributed by atoms with E-state index in [0.29, 0.717) is 5.69 Å². The second-order valence-electron chi connectivity index (χ2n) is 2.06. The van der Waals surface area contributed by atoms with Crippen molar-refractivity contribution in [2.45, 2.75) is 0 Å². The molecule has 54 valence electrons. The van der Waals surface area contributed by atoms with E-state index in [9.17, 15) is 4.79 Å². The first kappa shape index (κ1) is 7.29. The van der Waals surface area contributed by atoms with Gasteiger partial charge in [-0.3, -0.25) is 4.79 Å². The predicted molar refractivity (Wildman–Crippen MR) is 41.8 cm³/mol. The van der Waals surface area contributed by atoms with E-state index in [0.717, 1.165) is 0 Å². The highest BCUT2D eigenvalue weighted by Crippen LogP contribution is 1.96. The maximum atomic E-state index is 10.9. The van der Waals surface area contributed by atoms with Crippen LogP contribution in [0.4, 0.5) is 5.69 Å². The van der Waals surface area contributed by atoms with E-state index in [1.165, 1.54) is 24.3 Å². The Labute approximate surface area is 63.7 Å². The molecule has 0 aliphatic heterocycles. The molecule has 0 saturated carbocycles. The van der Waals surface area contributed by atoms with Crippen LogP contribution in [0.5, 0.6) is 0 Å². The Morgan fingerprint density at radius 1 is 1.27 bits per heavy atom. The summed E-state index contributed by atoms with van der Waals surface area (Å²) in [6.07, 6.45) is 0. The van der Waals surface area contributed by atoms with Crippen LogP contribution in [0.15, 0.2) is 29.1 Å². The minimum atomic E-state index is -0.302. The molecule has 0 amide bonds. The molecule has 11 heavy (non-hydrogen) atoms. The molecule has 2 N–H and O–H groups in total. The summed E-state index contributed by atoms with van der Waals surface area (Å²) in [7, 11) is 0. The van der Waals surface area contributed by atoms with Crippen LogP contribution in [-0.2, 0) is 0 Å². The van der Waals surface area contributed by atoms with Gasteiger partial charge in [-0.1, -0.05) is 0 Å². The van der Waals surface area contributed by atoms with Crippen LogP contribution >= 0.6 is 0 Å². The smallest absolute Gasteiger partial charge is 0.196 e. The summed E-state index contributed by atoms with van der Waals surface area (Å²) >= 11 is 0. The number of nitriles is 1. The zero-order chi connectivity index (χ0) is 8.27. The molecule has 0 atom stereocenters. The maximum Gasteiger partial charge on any atom is 0.196 e. The van der Waals surface area contributed by atoms with E-state index in [1.807, 2.05) is 0 Å². The monoisotopic (exact) mass is 146 g/mol. The van der Waals surface area contributed by atoms with Gasteiger partial charge in [-0.15, -0.1) is 0 Å². The summed E-state index contributed by atoms with van der Waals surface area (Å²) in [5.74, 6) is 0. The number of nitrogen functional groups attached to an aromatic ring is 1. The summed E-state index contributed by atoms with van der Waals surface area (Å²) in [5, 5.41) is 8.43. The van der Waals surface area contributed by atoms with Crippen molar-refractivity contribution in [3.05, 3.63) is 40.1 Å². The van der Waals surface area contributed by atoms with Crippen molar-refractivity contribution in [1.82, 2.24) is 0 Å². The van der Waals surface area contributed by atoms with Gasteiger partial charge in [0.1, 0.15) is 6.07 Å². The Kier molecular flexibility index (Phi) is 1.88. The molecule has 0 spiro atoms. The Balaban J connectivity index is 3.48. The number of hydrogen-bond donors (Lipinski definition) is 1. The summed E-state index contributed by atoms with van der Waals surface area (Å²) in [6.45, 7) is 0. The van der Waals surface area contributed by atoms with Crippen LogP contribution in [0.25, 0.3) is 0 Å². The van der Waals surface area contributed by atoms with Crippen LogP contribution in [-0.4, -0.2) is 0 Å². The summed E-state index contributed by atoms with van der Waals surface area (Å²) < 4.78 is 0. The molecule has 0 radical (unpaired) electrons. The highest BCUT2D eigenvalue weighted by atomic mass is 16.1. The molecule has 1 rings (SSSR count). The highest BCUT2D eigenvalue weighted by Gasteiger charge is 1.92. The third-order valence-corrected chi connectivity index (χ3v) is 1.26. The molecule has 3 heteroatoms. The quantitative estimate of drug-likeness (QED) is 0.579. The molecule has 0 bridgehead atoms. The van der Waals surface area contributed by atoms with E-state index < -0.39 is 0 Å². The van der Waals surface area contributed by atoms with E-state index >= 15 is 0 Å². The lowest BCUT2D eigenvalue weighted by molar-refractivity contribution is 1.47. The van der Waals surface area contributed by atoms with Gasteiger partial charge in [0.15, 0.2) is 5.43 Å². The van der Waals surface area contributed by atoms with Gasteiger partial charge in [-0.2, -0.15) is 5.26 Å². The van der Waals surface area contributed by atoms with Gasteiger partial charge in [0, 0.05) is 5.69 Å². The van der Waals surface area contributed by atoms with E-state index in [-0.39, 0.29) is 11.0 Å². The lowest BCUT2D eigenvalue weighted by atomic mass is 10.3. The van der Waals surface area contributed by atoms with Gasteiger partial charge in [-0.25, -0.2) is 0 Å². The van der Waals surface area contributed by atoms with Crippen LogP contribution in [0.1, 0.15) is 5.56 Å². The molecular weight excluding hydrogens is 140 g/mol. The standard InChI is InChI=1S/C8H6N2O/c9-5-6-1-2-7(10)3-4-8(6)11/h1-4H,10H2. The lowest BCUT2D eigenvalue weighted by Gasteiger charge is -1.76. The maximum absolute atomic E-state index is 10.9. The fourth-order valence-corrected chi connectivity index (χ4v) is 0.671. The van der Waals surface area contributed by atoms with Crippen molar-refractivity contribution in [3.63, 3.8) is 0 Å². The first-order valence-corrected chi connectivity index (χ1v) is 3.04. The highest BCUT2D eigenvalue weighted by molar-refractivity contribution is 5.40. The van der Waals surface area contributed by atoms with Crippen LogP contribution in [0, 0.1) is 11.3 Å². The Morgan fingerprint density at radius 3 is 2.55 bits per heavy atom. The van der Waals surface area contributed by atoms with Crippen molar-refractivity contribution in [3.8, 4) is 6.07 Å². The van der Waals surface area contributed by atoms with Gasteiger partial charge in [-0.05, 0) is 24.3 Å². The Bertz CT molecular complexity index is 365. The molecule has 3 nitrogen and oxygen atoms in total. The predicted octanol–water partition coefficient (Wildman–Crippen LogP) is 0.501. The molecule has 0 heterocycles. The SMILES string of the molecule is N#Cc1ccc(N)ccc1=O. The molecule has 1 aromatic rings. The largest absolute Gasteiger partial charge is 0.399 e. The van der Waals surface area contributed by atoms with E-state index in [1.54, 1.807) is 6.07 Å². The van der Waals surface area contributed by atoms with Gasteiger partial charge >= 0.3 is 0 Å². The van der Waals surface area contributed by atoms with Crippen molar-refractivity contribution in [1.29, 1.82) is 5.26 Å². The normalized spacial score (nSPS) is 8.64. The number of anilines is 1. The molecule has 0 unspecified atom stereocenters. The van der Waals surface area contributed by atoms with Crippen LogP contribution < -0.4 is 11.2 Å². The Morgan fingerprint density at radius 2 is 1.91 bits per heavy atom. The van der Waals surface area contributed by atoms with Gasteiger partial charge < -0.3 is 5.73 Å². The minimum absolute atomic E-state index is 0.113. The molecule has 0 aliphatic carbocycles. The van der Waals surface area contributed by atoms with Gasteiger partial charge in [0.2, 0.25) is 0 Å². The lowest BCUT2D eigenvalue weighted by Crippen LogP contribution is -1.98. The third-order valence-electron chi connectivity index (χ3n) is 1.26. The van der Waals surface area contributed by atoms with Gasteiger partial charge in [0.25, 0.3) is 0 Å². The fraction of sp³-hybridized carbons (Fsp3) is 0. The van der Waals surface area contributed by atoms with E-state index in [2.05, 4.69) is 0 Å². The zero-order valence-corrected chi connectivity index (χ0v) is 5.74. The number of hydrogen-bond acceptors (Lipinski definition) is 3. The van der Waals surface area contributed by atoms with Gasteiger partial charge in [0.05, 0.1) is 5.56 Å². The first-order valence-electron chi connectivity index (χ1n) is 3.04. The molecular formula is C8H6N2O. The summed E-state index contributed by atoms with van der Waals surface area (Å²) in [4.78, 5) is 10.9. The molecule has 0 fully saturated rings. The van der Waals surface area contributed by atoms with E-state index in [4.69, 9.17) is 11.0 Å². The second kappa shape index (κ2) is 2.84. The topological polar surface area (TPSA) is 66.9 Å². The second-order valence-corrected chi connectivity index (χ2v) is 2.06. The van der Waals surface area contributed by atoms with Crippen molar-refractivity contribution < 1.29 is 0 Å². The van der Waals surface area contributed by atoms with Crippen LogP contribution in [0.3, 0.4) is 0 Å². The zero-order valence-electron chi connectivity index (χ0n) is 5.74. The first-order chi connectivity index (χ1) is 5.24. The fourth-order valence-electron chi connectivity index (χ4n) is 0.671. The minimum Gasteiger partial charge on any atom is -0.399 e.